The van der Waals surface area contributed by atoms with Gasteiger partial charge in [-0.1, -0.05) is 36.4 Å². The molecule has 0 aliphatic heterocycles. The lowest BCUT2D eigenvalue weighted by Gasteiger charge is -2.25. The Morgan fingerprint density at radius 1 is 0.652 bits per heavy atom. The average molecular weight is 299 g/mol. The van der Waals surface area contributed by atoms with Crippen LogP contribution in [0.5, 0.6) is 0 Å². The number of carbonyl (C=O) groups is 1. The first-order valence-corrected chi connectivity index (χ1v) is 7.89. The lowest BCUT2D eigenvalue weighted by molar-refractivity contribution is 0.0994. The van der Waals surface area contributed by atoms with Crippen molar-refractivity contribution in [1.29, 1.82) is 0 Å². The van der Waals surface area contributed by atoms with Gasteiger partial charge in [-0.25, -0.2) is 0 Å². The van der Waals surface area contributed by atoms with Crippen LogP contribution in [0.4, 0.5) is 17.1 Å². The van der Waals surface area contributed by atoms with Crippen LogP contribution in [0.2, 0.25) is 0 Å². The number of anilines is 3. The second kappa shape index (κ2) is 5.73. The quantitative estimate of drug-likeness (QED) is 0.655. The predicted molar refractivity (Wildman–Crippen MR) is 93.8 cm³/mol. The summed E-state index contributed by atoms with van der Waals surface area (Å²) in [7, 11) is 0. The highest BCUT2D eigenvalue weighted by molar-refractivity contribution is 6.01. The fourth-order valence-electron chi connectivity index (χ4n) is 3.18. The molecule has 1 aliphatic carbocycles. The number of aryl methyl sites for hydroxylation is 1. The summed E-state index contributed by atoms with van der Waals surface area (Å²) >= 11 is 0. The topological polar surface area (TPSA) is 20.3 Å². The molecule has 0 spiro atoms. The molecule has 2 heteroatoms. The van der Waals surface area contributed by atoms with Crippen molar-refractivity contribution in [2.45, 2.75) is 12.8 Å². The molecule has 0 saturated heterocycles. The van der Waals surface area contributed by atoms with Crippen molar-refractivity contribution in [2.75, 3.05) is 4.90 Å². The molecular formula is C21H17NO. The third-order valence-electron chi connectivity index (χ3n) is 4.30. The van der Waals surface area contributed by atoms with Crippen LogP contribution in [0.25, 0.3) is 0 Å². The van der Waals surface area contributed by atoms with Crippen molar-refractivity contribution in [2.24, 2.45) is 0 Å². The molecule has 3 aromatic carbocycles. The molecule has 0 bridgehead atoms. The van der Waals surface area contributed by atoms with Crippen molar-refractivity contribution in [3.8, 4) is 0 Å². The number of nitrogens with zero attached hydrogens (tertiary/aromatic N) is 1. The van der Waals surface area contributed by atoms with Crippen LogP contribution < -0.4 is 4.90 Å². The monoisotopic (exact) mass is 299 g/mol. The van der Waals surface area contributed by atoms with Gasteiger partial charge in [-0.05, 0) is 54.4 Å². The van der Waals surface area contributed by atoms with E-state index in [0.29, 0.717) is 6.42 Å². The van der Waals surface area contributed by atoms with Gasteiger partial charge >= 0.3 is 0 Å². The Balaban J connectivity index is 1.85. The molecule has 2 nitrogen and oxygen atoms in total. The van der Waals surface area contributed by atoms with Gasteiger partial charge in [0.25, 0.3) is 0 Å². The molecule has 0 amide bonds. The fraction of sp³-hybridized carbons (Fsp3) is 0.0952. The number of Topliss-reactive ketones (excluding diaryl/α,β-unsaturated/α-hetero) is 1. The molecule has 0 aromatic heterocycles. The lowest BCUT2D eigenvalue weighted by atomic mass is 10.1. The summed E-state index contributed by atoms with van der Waals surface area (Å²) < 4.78 is 0. The Labute approximate surface area is 136 Å². The van der Waals surface area contributed by atoms with E-state index < -0.39 is 0 Å². The van der Waals surface area contributed by atoms with Crippen LogP contribution in [0.1, 0.15) is 22.3 Å². The van der Waals surface area contributed by atoms with E-state index in [2.05, 4.69) is 35.2 Å². The summed E-state index contributed by atoms with van der Waals surface area (Å²) in [5, 5.41) is 0. The number of rotatable bonds is 3. The Morgan fingerprint density at radius 3 is 1.87 bits per heavy atom. The van der Waals surface area contributed by atoms with Gasteiger partial charge in [0, 0.05) is 29.0 Å². The normalized spacial score (nSPS) is 13.0. The number of benzene rings is 3. The molecule has 1 aliphatic rings. The van der Waals surface area contributed by atoms with E-state index in [-0.39, 0.29) is 5.78 Å². The van der Waals surface area contributed by atoms with Crippen molar-refractivity contribution in [3.63, 3.8) is 0 Å². The van der Waals surface area contributed by atoms with E-state index in [1.54, 1.807) is 0 Å². The standard InChI is InChI=1S/C21H17NO/c23-21-14-11-16-15-19(12-13-20(16)21)22(17-7-3-1-4-8-17)18-9-5-2-6-10-18/h1-10,12-13,15H,11,14H2. The van der Waals surface area contributed by atoms with Crippen molar-refractivity contribution in [1.82, 2.24) is 0 Å². The summed E-state index contributed by atoms with van der Waals surface area (Å²) in [6, 6.07) is 26.8. The van der Waals surface area contributed by atoms with Crippen molar-refractivity contribution < 1.29 is 4.79 Å². The van der Waals surface area contributed by atoms with Gasteiger partial charge in [0.15, 0.2) is 5.78 Å². The van der Waals surface area contributed by atoms with Gasteiger partial charge in [-0.2, -0.15) is 0 Å². The summed E-state index contributed by atoms with van der Waals surface area (Å²) in [4.78, 5) is 14.1. The maximum atomic E-state index is 11.9. The van der Waals surface area contributed by atoms with E-state index in [4.69, 9.17) is 0 Å². The van der Waals surface area contributed by atoms with E-state index in [1.165, 1.54) is 0 Å². The number of hydrogen-bond acceptors (Lipinski definition) is 2. The maximum absolute atomic E-state index is 11.9. The summed E-state index contributed by atoms with van der Waals surface area (Å²) in [6.45, 7) is 0. The Kier molecular flexibility index (Phi) is 3.43. The largest absolute Gasteiger partial charge is 0.310 e. The van der Waals surface area contributed by atoms with Crippen LogP contribution in [0.15, 0.2) is 78.9 Å². The van der Waals surface area contributed by atoms with Gasteiger partial charge in [-0.3, -0.25) is 4.79 Å². The molecule has 4 rings (SSSR count). The Morgan fingerprint density at radius 2 is 1.26 bits per heavy atom. The van der Waals surface area contributed by atoms with E-state index in [0.717, 1.165) is 34.6 Å². The molecule has 3 aromatic rings. The number of carbonyl (C=O) groups excluding carboxylic acids is 1. The molecular weight excluding hydrogens is 282 g/mol. The second-order valence-electron chi connectivity index (χ2n) is 5.77. The predicted octanol–water partition coefficient (Wildman–Crippen LogP) is 5.29. The highest BCUT2D eigenvalue weighted by Crippen LogP contribution is 2.36. The lowest BCUT2D eigenvalue weighted by Crippen LogP contribution is -2.10. The average Bonchev–Trinajstić information content (AvgIpc) is 2.98. The number of para-hydroxylation sites is 2. The van der Waals surface area contributed by atoms with Gasteiger partial charge in [0.2, 0.25) is 0 Å². The SMILES string of the molecule is O=C1CCc2cc(N(c3ccccc3)c3ccccc3)ccc21. The van der Waals surface area contributed by atoms with E-state index >= 15 is 0 Å². The zero-order chi connectivity index (χ0) is 15.6. The molecule has 0 heterocycles. The van der Waals surface area contributed by atoms with Crippen LogP contribution in [0.3, 0.4) is 0 Å². The third kappa shape index (κ3) is 2.53. The molecule has 112 valence electrons. The number of hydrogen-bond donors (Lipinski definition) is 0. The Bertz CT molecular complexity index is 801. The minimum atomic E-state index is 0.262. The molecule has 23 heavy (non-hydrogen) atoms. The molecule has 0 unspecified atom stereocenters. The van der Waals surface area contributed by atoms with Gasteiger partial charge < -0.3 is 4.90 Å². The number of ketones is 1. The third-order valence-corrected chi connectivity index (χ3v) is 4.30. The van der Waals surface area contributed by atoms with E-state index in [1.807, 2.05) is 48.5 Å². The first-order chi connectivity index (χ1) is 11.3. The van der Waals surface area contributed by atoms with Gasteiger partial charge in [-0.15, -0.1) is 0 Å². The highest BCUT2D eigenvalue weighted by atomic mass is 16.1. The zero-order valence-electron chi connectivity index (χ0n) is 12.8. The first kappa shape index (κ1) is 13.8. The molecule has 0 saturated carbocycles. The Hall–Kier alpha value is -2.87. The minimum Gasteiger partial charge on any atom is -0.310 e. The molecule has 0 radical (unpaired) electrons. The maximum Gasteiger partial charge on any atom is 0.163 e. The van der Waals surface area contributed by atoms with Crippen LogP contribution in [-0.2, 0) is 6.42 Å². The van der Waals surface area contributed by atoms with E-state index in [9.17, 15) is 4.79 Å². The molecule has 0 N–H and O–H groups in total. The van der Waals surface area contributed by atoms with Crippen LogP contribution in [-0.4, -0.2) is 5.78 Å². The molecule has 0 fully saturated rings. The van der Waals surface area contributed by atoms with Crippen molar-refractivity contribution >= 4 is 22.8 Å². The van der Waals surface area contributed by atoms with Crippen LogP contribution in [0, 0.1) is 0 Å². The summed E-state index contributed by atoms with van der Waals surface area (Å²) in [5.41, 5.74) is 5.36. The summed E-state index contributed by atoms with van der Waals surface area (Å²) in [5.74, 6) is 0.262. The zero-order valence-corrected chi connectivity index (χ0v) is 12.8. The highest BCUT2D eigenvalue weighted by Gasteiger charge is 2.21. The first-order valence-electron chi connectivity index (χ1n) is 7.89. The van der Waals surface area contributed by atoms with Crippen LogP contribution >= 0.6 is 0 Å². The van der Waals surface area contributed by atoms with Crippen molar-refractivity contribution in [3.05, 3.63) is 90.0 Å². The van der Waals surface area contributed by atoms with Gasteiger partial charge in [0.1, 0.15) is 0 Å². The number of fused-ring (bicyclic) bond motifs is 1. The summed E-state index contributed by atoms with van der Waals surface area (Å²) in [6.07, 6.45) is 1.48. The smallest absolute Gasteiger partial charge is 0.163 e. The minimum absolute atomic E-state index is 0.262. The van der Waals surface area contributed by atoms with Gasteiger partial charge in [0.05, 0.1) is 0 Å². The molecule has 0 atom stereocenters. The fourth-order valence-corrected chi connectivity index (χ4v) is 3.18. The second-order valence-corrected chi connectivity index (χ2v) is 5.77.